The molecular weight excluding hydrogens is 761 g/mol. The van der Waals surface area contributed by atoms with Crippen molar-refractivity contribution in [2.24, 2.45) is 0 Å². The number of phenolic OH excluding ortho intramolecular Hbond substituents is 1. The van der Waals surface area contributed by atoms with Crippen molar-refractivity contribution in [1.82, 2.24) is 0 Å². The molecule has 0 radical (unpaired) electrons. The van der Waals surface area contributed by atoms with E-state index in [9.17, 15) is 14.7 Å². The third-order valence-corrected chi connectivity index (χ3v) is 12.6. The van der Waals surface area contributed by atoms with E-state index in [2.05, 4.69) is 100 Å². The number of rotatable bonds is 15. The molecule has 0 atom stereocenters. The summed E-state index contributed by atoms with van der Waals surface area (Å²) in [5.74, 6) is -0.0553. The number of unbranched alkanes of at least 4 members (excludes halogenated alkanes) is 2. The Kier molecular flexibility index (Phi) is 16.1. The van der Waals surface area contributed by atoms with Crippen LogP contribution in [0.15, 0.2) is 78.4 Å². The highest BCUT2D eigenvalue weighted by atomic mass is 16.5. The average Bonchev–Trinajstić information content (AvgIpc) is 3.18. The van der Waals surface area contributed by atoms with Crippen LogP contribution >= 0.6 is 0 Å². The standard InChI is InChI=1S/C28H36O4.C26H36O3/c1-6-7-8-15-32-25-18-23-22(27(2,3)13-14-28(23,4)5)17-21(25)20-16-19(9-11-24(20)29)10-12-26(30)31;1-8-14-29-23-17-22-21(25(4,5)12-13-26(22,6)7)16-20(23)19(3)11-9-10-18(2)15-24(27)28/h9-12,16-18,29H,6-8,13-15H2,1-5H3,(H,30,31);9-11,15-17H,8,12-14H2,1-7H3,(H,27,28)/b12-10+;10-9+,18-15+,19-11-. The quantitative estimate of drug-likeness (QED) is 0.0794. The van der Waals surface area contributed by atoms with E-state index >= 15 is 0 Å². The summed E-state index contributed by atoms with van der Waals surface area (Å²) in [6.07, 6.45) is 18.3. The number of carboxylic acid groups (broad SMARTS) is 2. The molecule has 0 saturated heterocycles. The Labute approximate surface area is 366 Å². The summed E-state index contributed by atoms with van der Waals surface area (Å²) in [5.41, 5.74) is 10.9. The zero-order valence-electron chi connectivity index (χ0n) is 39.1. The first-order chi connectivity index (χ1) is 28.5. The smallest absolute Gasteiger partial charge is 0.328 e. The predicted molar refractivity (Wildman–Crippen MR) is 252 cm³/mol. The van der Waals surface area contributed by atoms with E-state index in [1.54, 1.807) is 25.1 Å². The van der Waals surface area contributed by atoms with Gasteiger partial charge in [0.05, 0.1) is 13.2 Å². The number of carbonyl (C=O) groups is 2. The molecule has 2 aliphatic rings. The van der Waals surface area contributed by atoms with Crippen LogP contribution in [0.25, 0.3) is 22.8 Å². The third-order valence-electron chi connectivity index (χ3n) is 12.6. The van der Waals surface area contributed by atoms with Gasteiger partial charge in [-0.2, -0.15) is 0 Å². The lowest BCUT2D eigenvalue weighted by atomic mass is 9.62. The molecule has 0 unspecified atom stereocenters. The van der Waals surface area contributed by atoms with Crippen LogP contribution in [0.2, 0.25) is 0 Å². The molecule has 0 fully saturated rings. The molecule has 3 aromatic rings. The largest absolute Gasteiger partial charge is 0.507 e. The van der Waals surface area contributed by atoms with Gasteiger partial charge in [-0.3, -0.25) is 0 Å². The van der Waals surface area contributed by atoms with Crippen molar-refractivity contribution < 1.29 is 34.4 Å². The number of hydrogen-bond acceptors (Lipinski definition) is 5. The van der Waals surface area contributed by atoms with Crippen molar-refractivity contribution >= 4 is 23.6 Å². The van der Waals surface area contributed by atoms with Gasteiger partial charge in [0, 0.05) is 28.8 Å². The minimum Gasteiger partial charge on any atom is -0.507 e. The SMILES string of the molecule is CCCCCOc1cc2c(cc1-c1cc(/C=C/C(=O)O)ccc1O)C(C)(C)CCC2(C)C.CCCOc1cc2c(cc1\C(C)=C/C=C/C(C)=C/C(=O)O)C(C)(C)CCC2(C)C. The Balaban J connectivity index is 0.000000270. The van der Waals surface area contributed by atoms with Gasteiger partial charge in [0.2, 0.25) is 0 Å². The van der Waals surface area contributed by atoms with Crippen LogP contribution in [-0.2, 0) is 31.2 Å². The van der Waals surface area contributed by atoms with Gasteiger partial charge in [-0.1, -0.05) is 106 Å². The summed E-state index contributed by atoms with van der Waals surface area (Å²) in [7, 11) is 0. The number of benzene rings is 3. The maximum Gasteiger partial charge on any atom is 0.328 e. The van der Waals surface area contributed by atoms with Crippen molar-refractivity contribution in [1.29, 1.82) is 0 Å². The van der Waals surface area contributed by atoms with Gasteiger partial charge in [-0.05, 0) is 155 Å². The Morgan fingerprint density at radius 3 is 1.72 bits per heavy atom. The lowest BCUT2D eigenvalue weighted by Gasteiger charge is -2.42. The summed E-state index contributed by atoms with van der Waals surface area (Å²) in [6.45, 7) is 27.9. The van der Waals surface area contributed by atoms with Crippen LogP contribution in [0.5, 0.6) is 17.2 Å². The molecule has 3 aromatic carbocycles. The molecular formula is C54H72O7. The Morgan fingerprint density at radius 1 is 0.639 bits per heavy atom. The number of aromatic hydroxyl groups is 1. The minimum absolute atomic E-state index is 0.0246. The molecule has 3 N–H and O–H groups in total. The summed E-state index contributed by atoms with van der Waals surface area (Å²) in [4.78, 5) is 21.7. The van der Waals surface area contributed by atoms with Crippen LogP contribution in [-0.4, -0.2) is 40.5 Å². The summed E-state index contributed by atoms with van der Waals surface area (Å²) in [5, 5.41) is 28.6. The van der Waals surface area contributed by atoms with E-state index in [-0.39, 0.29) is 27.4 Å². The Morgan fingerprint density at radius 2 is 1.18 bits per heavy atom. The van der Waals surface area contributed by atoms with Crippen LogP contribution in [0.4, 0.5) is 0 Å². The molecule has 0 aliphatic heterocycles. The number of aliphatic carboxylic acids is 2. The topological polar surface area (TPSA) is 113 Å². The van der Waals surface area contributed by atoms with Crippen molar-refractivity contribution in [2.75, 3.05) is 13.2 Å². The fraction of sp³-hybridized carbons (Fsp3) is 0.481. The van der Waals surface area contributed by atoms with Crippen LogP contribution < -0.4 is 9.47 Å². The van der Waals surface area contributed by atoms with Gasteiger partial charge in [0.25, 0.3) is 0 Å². The number of ether oxygens (including phenoxy) is 2. The monoisotopic (exact) mass is 833 g/mol. The van der Waals surface area contributed by atoms with Crippen LogP contribution in [0, 0.1) is 0 Å². The Hall–Kier alpha value is -5.04. The second-order valence-corrected chi connectivity index (χ2v) is 19.6. The highest BCUT2D eigenvalue weighted by Crippen LogP contribution is 2.51. The van der Waals surface area contributed by atoms with Gasteiger partial charge >= 0.3 is 11.9 Å². The van der Waals surface area contributed by atoms with Crippen molar-refractivity contribution in [3.05, 3.63) is 112 Å². The van der Waals surface area contributed by atoms with E-state index in [1.165, 1.54) is 41.2 Å². The van der Waals surface area contributed by atoms with Gasteiger partial charge < -0.3 is 24.8 Å². The molecule has 7 heteroatoms. The van der Waals surface area contributed by atoms with Crippen molar-refractivity contribution in [3.8, 4) is 28.4 Å². The minimum atomic E-state index is -1.00. The highest BCUT2D eigenvalue weighted by molar-refractivity contribution is 5.86. The third kappa shape index (κ3) is 12.5. The second kappa shape index (κ2) is 20.2. The zero-order chi connectivity index (χ0) is 45.3. The number of fused-ring (bicyclic) bond motifs is 2. The molecule has 0 bridgehead atoms. The number of hydrogen-bond donors (Lipinski definition) is 3. The molecule has 7 nitrogen and oxygen atoms in total. The normalized spacial score (nSPS) is 17.6. The molecule has 0 amide bonds. The summed E-state index contributed by atoms with van der Waals surface area (Å²) < 4.78 is 12.5. The van der Waals surface area contributed by atoms with Gasteiger partial charge in [-0.25, -0.2) is 9.59 Å². The molecule has 61 heavy (non-hydrogen) atoms. The van der Waals surface area contributed by atoms with Crippen molar-refractivity contribution in [3.63, 3.8) is 0 Å². The summed E-state index contributed by atoms with van der Waals surface area (Å²) >= 11 is 0. The molecule has 330 valence electrons. The highest BCUT2D eigenvalue weighted by Gasteiger charge is 2.39. The number of phenols is 1. The van der Waals surface area contributed by atoms with E-state index in [0.717, 1.165) is 78.4 Å². The first-order valence-corrected chi connectivity index (χ1v) is 22.2. The van der Waals surface area contributed by atoms with E-state index < -0.39 is 11.9 Å². The first kappa shape index (κ1) is 48.6. The Bertz CT molecular complexity index is 2170. The second-order valence-electron chi connectivity index (χ2n) is 19.6. The van der Waals surface area contributed by atoms with E-state index in [4.69, 9.17) is 19.7 Å². The van der Waals surface area contributed by atoms with Crippen LogP contribution in [0.1, 0.15) is 168 Å². The molecule has 0 aromatic heterocycles. The van der Waals surface area contributed by atoms with E-state index in [0.29, 0.717) is 24.4 Å². The van der Waals surface area contributed by atoms with Gasteiger partial charge in [0.1, 0.15) is 17.2 Å². The lowest BCUT2D eigenvalue weighted by Crippen LogP contribution is -2.34. The maximum atomic E-state index is 11.0. The molecule has 2 aliphatic carbocycles. The fourth-order valence-electron chi connectivity index (χ4n) is 8.41. The summed E-state index contributed by atoms with van der Waals surface area (Å²) in [6, 6.07) is 14.1. The number of allylic oxidation sites excluding steroid dienone is 5. The average molecular weight is 833 g/mol. The number of carboxylic acids is 2. The maximum absolute atomic E-state index is 11.0. The zero-order valence-corrected chi connectivity index (χ0v) is 39.1. The predicted octanol–water partition coefficient (Wildman–Crippen LogP) is 13.9. The fourth-order valence-corrected chi connectivity index (χ4v) is 8.41. The molecule has 5 rings (SSSR count). The van der Waals surface area contributed by atoms with Crippen molar-refractivity contribution in [2.45, 2.75) is 156 Å². The molecule has 0 heterocycles. The van der Waals surface area contributed by atoms with Gasteiger partial charge in [0.15, 0.2) is 0 Å². The lowest BCUT2D eigenvalue weighted by molar-refractivity contribution is -0.132. The molecule has 0 saturated carbocycles. The van der Waals surface area contributed by atoms with E-state index in [1.807, 2.05) is 24.3 Å². The first-order valence-electron chi connectivity index (χ1n) is 22.2. The van der Waals surface area contributed by atoms with Crippen LogP contribution in [0.3, 0.4) is 0 Å². The van der Waals surface area contributed by atoms with Gasteiger partial charge in [-0.15, -0.1) is 0 Å². The molecule has 0 spiro atoms.